The van der Waals surface area contributed by atoms with E-state index < -0.39 is 0 Å². The van der Waals surface area contributed by atoms with E-state index in [0.717, 1.165) is 5.56 Å². The molecular weight excluding hydrogens is 270 g/mol. The molecule has 0 atom stereocenters. The van der Waals surface area contributed by atoms with E-state index in [0.29, 0.717) is 17.0 Å². The lowest BCUT2D eigenvalue weighted by molar-refractivity contribution is 0.407. The van der Waals surface area contributed by atoms with Crippen molar-refractivity contribution in [2.24, 2.45) is 0 Å². The van der Waals surface area contributed by atoms with Gasteiger partial charge >= 0.3 is 5.69 Å². The molecule has 3 aromatic rings. The van der Waals surface area contributed by atoms with Crippen LogP contribution in [0.5, 0.6) is 5.75 Å². The molecule has 0 aliphatic heterocycles. The van der Waals surface area contributed by atoms with Crippen molar-refractivity contribution < 1.29 is 4.74 Å². The summed E-state index contributed by atoms with van der Waals surface area (Å²) in [6, 6.07) is 7.12. The van der Waals surface area contributed by atoms with Crippen molar-refractivity contribution in [1.29, 1.82) is 5.26 Å². The number of methoxy groups -OCH3 is 1. The van der Waals surface area contributed by atoms with Crippen molar-refractivity contribution in [3.05, 3.63) is 58.4 Å². The number of ether oxygens (including phenoxy) is 1. The van der Waals surface area contributed by atoms with E-state index in [4.69, 9.17) is 10.00 Å². The van der Waals surface area contributed by atoms with Crippen LogP contribution < -0.4 is 10.4 Å². The molecule has 0 spiro atoms. The number of rotatable bonds is 3. The molecule has 0 unspecified atom stereocenters. The number of hydrogen-bond donors (Lipinski definition) is 0. The fraction of sp³-hybridized carbons (Fsp3) is 0.143. The summed E-state index contributed by atoms with van der Waals surface area (Å²) >= 11 is 0. The number of nitriles is 1. The van der Waals surface area contributed by atoms with Crippen LogP contribution in [-0.2, 0) is 6.54 Å². The molecule has 104 valence electrons. The van der Waals surface area contributed by atoms with Gasteiger partial charge in [-0.25, -0.2) is 13.9 Å². The molecule has 0 saturated carbocycles. The second-order valence-corrected chi connectivity index (χ2v) is 4.38. The van der Waals surface area contributed by atoms with Gasteiger partial charge in [-0.2, -0.15) is 5.26 Å². The summed E-state index contributed by atoms with van der Waals surface area (Å²) in [5, 5.41) is 13.1. The van der Waals surface area contributed by atoms with E-state index in [1.165, 1.54) is 28.6 Å². The Bertz CT molecular complexity index is 904. The fourth-order valence-electron chi connectivity index (χ4n) is 2.09. The van der Waals surface area contributed by atoms with Crippen LogP contribution in [0.4, 0.5) is 0 Å². The zero-order valence-electron chi connectivity index (χ0n) is 11.2. The van der Waals surface area contributed by atoms with Crippen molar-refractivity contribution >= 4 is 5.65 Å². The molecular formula is C14H11N5O2. The van der Waals surface area contributed by atoms with Crippen molar-refractivity contribution in [2.45, 2.75) is 6.54 Å². The van der Waals surface area contributed by atoms with E-state index in [2.05, 4.69) is 10.1 Å². The minimum absolute atomic E-state index is 0.251. The predicted molar refractivity (Wildman–Crippen MR) is 74.1 cm³/mol. The van der Waals surface area contributed by atoms with Crippen LogP contribution in [0.2, 0.25) is 0 Å². The molecule has 1 aromatic carbocycles. The highest BCUT2D eigenvalue weighted by atomic mass is 16.5. The lowest BCUT2D eigenvalue weighted by atomic mass is 10.1. The molecule has 7 nitrogen and oxygen atoms in total. The Morgan fingerprint density at radius 2 is 2.29 bits per heavy atom. The molecule has 0 fully saturated rings. The molecule has 0 aliphatic rings. The topological polar surface area (TPSA) is 85.2 Å². The van der Waals surface area contributed by atoms with Crippen LogP contribution in [-0.4, -0.2) is 26.3 Å². The highest BCUT2D eigenvalue weighted by molar-refractivity contribution is 5.42. The van der Waals surface area contributed by atoms with Gasteiger partial charge in [-0.05, 0) is 12.1 Å². The smallest absolute Gasteiger partial charge is 0.350 e. The highest BCUT2D eigenvalue weighted by Crippen LogP contribution is 2.20. The van der Waals surface area contributed by atoms with Gasteiger partial charge in [0.2, 0.25) is 0 Å². The monoisotopic (exact) mass is 281 g/mol. The van der Waals surface area contributed by atoms with Crippen molar-refractivity contribution in [3.63, 3.8) is 0 Å². The minimum Gasteiger partial charge on any atom is -0.496 e. The lowest BCUT2D eigenvalue weighted by Crippen LogP contribution is -2.21. The van der Waals surface area contributed by atoms with Gasteiger partial charge in [-0.15, -0.1) is 5.10 Å². The molecule has 7 heteroatoms. The normalized spacial score (nSPS) is 10.5. The maximum Gasteiger partial charge on any atom is 0.350 e. The third-order valence-electron chi connectivity index (χ3n) is 3.12. The zero-order chi connectivity index (χ0) is 14.8. The van der Waals surface area contributed by atoms with Crippen LogP contribution in [0.25, 0.3) is 5.65 Å². The molecule has 0 N–H and O–H groups in total. The van der Waals surface area contributed by atoms with Crippen LogP contribution >= 0.6 is 0 Å². The predicted octanol–water partition coefficient (Wildman–Crippen LogP) is 0.820. The van der Waals surface area contributed by atoms with Crippen molar-refractivity contribution in [1.82, 2.24) is 19.2 Å². The fourth-order valence-corrected chi connectivity index (χ4v) is 2.09. The summed E-state index contributed by atoms with van der Waals surface area (Å²) in [7, 11) is 1.52. The SMILES string of the molecule is COc1cc(C#N)ccc1Cn1nc2cnccn2c1=O. The van der Waals surface area contributed by atoms with Crippen LogP contribution in [0, 0.1) is 11.3 Å². The summed E-state index contributed by atoms with van der Waals surface area (Å²) in [4.78, 5) is 16.1. The largest absolute Gasteiger partial charge is 0.496 e. The van der Waals surface area contributed by atoms with E-state index in [-0.39, 0.29) is 12.2 Å². The Labute approximate surface area is 119 Å². The maximum absolute atomic E-state index is 12.2. The lowest BCUT2D eigenvalue weighted by Gasteiger charge is -2.07. The van der Waals surface area contributed by atoms with Gasteiger partial charge in [-0.1, -0.05) is 6.07 Å². The van der Waals surface area contributed by atoms with Crippen LogP contribution in [0.1, 0.15) is 11.1 Å². The molecule has 0 bridgehead atoms. The first-order valence-corrected chi connectivity index (χ1v) is 6.19. The van der Waals surface area contributed by atoms with Gasteiger partial charge in [0.1, 0.15) is 5.75 Å². The first kappa shape index (κ1) is 12.9. The summed E-state index contributed by atoms with van der Waals surface area (Å²) in [6.45, 7) is 0.259. The molecule has 2 aromatic heterocycles. The first-order valence-electron chi connectivity index (χ1n) is 6.19. The standard InChI is InChI=1S/C14H11N5O2/c1-21-12-6-10(7-15)2-3-11(12)9-19-14(20)18-5-4-16-8-13(18)17-19/h2-6,8H,9H2,1H3. The summed E-state index contributed by atoms with van der Waals surface area (Å²) in [6.07, 6.45) is 4.62. The summed E-state index contributed by atoms with van der Waals surface area (Å²) in [5.41, 5.74) is 1.51. The molecule has 3 rings (SSSR count). The highest BCUT2D eigenvalue weighted by Gasteiger charge is 2.10. The van der Waals surface area contributed by atoms with Crippen LogP contribution in [0.3, 0.4) is 0 Å². The Hall–Kier alpha value is -3.14. The number of aromatic nitrogens is 4. The van der Waals surface area contributed by atoms with Gasteiger partial charge in [-0.3, -0.25) is 4.98 Å². The number of fused-ring (bicyclic) bond motifs is 1. The molecule has 0 amide bonds. The molecule has 0 radical (unpaired) electrons. The van der Waals surface area contributed by atoms with E-state index >= 15 is 0 Å². The Kier molecular flexibility index (Phi) is 3.12. The summed E-state index contributed by atoms with van der Waals surface area (Å²) in [5.74, 6) is 0.552. The van der Waals surface area contributed by atoms with E-state index in [1.807, 2.05) is 6.07 Å². The number of hydrogen-bond acceptors (Lipinski definition) is 5. The van der Waals surface area contributed by atoms with Gasteiger partial charge in [0.05, 0.1) is 31.5 Å². The van der Waals surface area contributed by atoms with Crippen molar-refractivity contribution in [2.75, 3.05) is 7.11 Å². The Morgan fingerprint density at radius 3 is 3.00 bits per heavy atom. The second kappa shape index (κ2) is 5.09. The van der Waals surface area contributed by atoms with E-state index in [1.54, 1.807) is 24.4 Å². The average molecular weight is 281 g/mol. The Morgan fingerprint density at radius 1 is 1.43 bits per heavy atom. The van der Waals surface area contributed by atoms with Crippen molar-refractivity contribution in [3.8, 4) is 11.8 Å². The molecule has 2 heterocycles. The van der Waals surface area contributed by atoms with Crippen LogP contribution in [0.15, 0.2) is 41.6 Å². The van der Waals surface area contributed by atoms with Gasteiger partial charge < -0.3 is 4.74 Å². The third-order valence-corrected chi connectivity index (χ3v) is 3.12. The molecule has 21 heavy (non-hydrogen) atoms. The van der Waals surface area contributed by atoms with E-state index in [9.17, 15) is 4.79 Å². The maximum atomic E-state index is 12.2. The average Bonchev–Trinajstić information content (AvgIpc) is 2.84. The van der Waals surface area contributed by atoms with Gasteiger partial charge in [0.25, 0.3) is 0 Å². The second-order valence-electron chi connectivity index (χ2n) is 4.38. The molecule has 0 aliphatic carbocycles. The third kappa shape index (κ3) is 2.23. The minimum atomic E-state index is -0.251. The molecule has 0 saturated heterocycles. The quantitative estimate of drug-likeness (QED) is 0.709. The first-order chi connectivity index (χ1) is 10.2. The number of nitrogens with zero attached hydrogens (tertiary/aromatic N) is 5. The Balaban J connectivity index is 2.05. The zero-order valence-corrected chi connectivity index (χ0v) is 11.2. The van der Waals surface area contributed by atoms with Gasteiger partial charge in [0.15, 0.2) is 5.65 Å². The summed E-state index contributed by atoms with van der Waals surface area (Å²) < 4.78 is 8.01. The van der Waals surface area contributed by atoms with Gasteiger partial charge in [0, 0.05) is 18.0 Å². The number of benzene rings is 1.